The lowest BCUT2D eigenvalue weighted by Gasteiger charge is -2.27. The number of hydrogen-bond donors (Lipinski definition) is 4. The lowest BCUT2D eigenvalue weighted by molar-refractivity contribution is -0.138. The Morgan fingerprint density at radius 2 is 1.70 bits per heavy atom. The van der Waals surface area contributed by atoms with Gasteiger partial charge in [-0.3, -0.25) is 19.2 Å². The van der Waals surface area contributed by atoms with Crippen molar-refractivity contribution in [1.82, 2.24) is 15.0 Å². The van der Waals surface area contributed by atoms with Crippen molar-refractivity contribution < 1.29 is 19.8 Å². The minimum atomic E-state index is -1.89. The molecule has 0 saturated carbocycles. The molecule has 0 aliphatic carbocycles. The maximum Gasteiger partial charge on any atom is 0.268 e. The summed E-state index contributed by atoms with van der Waals surface area (Å²) in [7, 11) is 0. The standard InChI is InChI=1S/C37H36N6O4/c1-25(10-8-9-21-42-23-33(40-41-42)31(24-44)26-11-4-2-5-12-26)37(47)32-22-29(39-35(45)27-15-17-28(38)18-16-27)19-20-34(32)43(36(37)46)30-13-6-3-7-14-30/h2-8,10-20,22-23,25,31,44,47H,9,21,24,38H2,1H3,(H,39,45)/b10-8+/t25-,31?,37+/m1/s1. The van der Waals surface area contributed by atoms with Crippen molar-refractivity contribution in [2.45, 2.75) is 31.4 Å². The lowest BCUT2D eigenvalue weighted by atomic mass is 9.82. The minimum absolute atomic E-state index is 0.0824. The fourth-order valence-electron chi connectivity index (χ4n) is 5.90. The average molecular weight is 629 g/mol. The summed E-state index contributed by atoms with van der Waals surface area (Å²) in [5.74, 6) is -1.70. The molecule has 1 aliphatic heterocycles. The van der Waals surface area contributed by atoms with E-state index in [1.54, 1.807) is 54.1 Å². The van der Waals surface area contributed by atoms with Crippen LogP contribution in [-0.2, 0) is 16.9 Å². The first-order valence-corrected chi connectivity index (χ1v) is 15.5. The van der Waals surface area contributed by atoms with E-state index in [4.69, 9.17) is 5.73 Å². The number of allylic oxidation sites excluding steroid dienone is 1. The molecule has 0 bridgehead atoms. The number of nitrogens with zero attached hydrogens (tertiary/aromatic N) is 4. The molecule has 0 fully saturated rings. The zero-order valence-electron chi connectivity index (χ0n) is 25.9. The Morgan fingerprint density at radius 3 is 2.40 bits per heavy atom. The summed E-state index contributed by atoms with van der Waals surface area (Å²) in [6.07, 6.45) is 6.14. The van der Waals surface area contributed by atoms with E-state index >= 15 is 0 Å². The van der Waals surface area contributed by atoms with Gasteiger partial charge in [0.05, 0.1) is 23.9 Å². The number of aliphatic hydroxyl groups excluding tert-OH is 1. The number of nitrogens with one attached hydrogen (secondary N) is 1. The van der Waals surface area contributed by atoms with Crippen LogP contribution in [0.4, 0.5) is 22.7 Å². The second-order valence-corrected chi connectivity index (χ2v) is 11.6. The third-order valence-corrected chi connectivity index (χ3v) is 8.53. The van der Waals surface area contributed by atoms with Crippen LogP contribution in [0.25, 0.3) is 0 Å². The van der Waals surface area contributed by atoms with Gasteiger partial charge >= 0.3 is 0 Å². The van der Waals surface area contributed by atoms with E-state index in [0.717, 1.165) is 5.56 Å². The number of carbonyl (C=O) groups excluding carboxylic acids is 2. The molecular formula is C37H36N6O4. The number of amides is 2. The maximum absolute atomic E-state index is 14.1. The summed E-state index contributed by atoms with van der Waals surface area (Å²) in [5, 5.41) is 33.6. The number of rotatable bonds is 11. The molecule has 2 heterocycles. The fraction of sp³-hybridized carbons (Fsp3) is 0.189. The molecule has 0 saturated heterocycles. The van der Waals surface area contributed by atoms with Crippen LogP contribution in [-0.4, -0.2) is 43.6 Å². The average Bonchev–Trinajstić information content (AvgIpc) is 3.65. The van der Waals surface area contributed by atoms with E-state index in [0.29, 0.717) is 52.5 Å². The second-order valence-electron chi connectivity index (χ2n) is 11.6. The van der Waals surface area contributed by atoms with Gasteiger partial charge in [-0.15, -0.1) is 5.10 Å². The molecule has 3 atom stereocenters. The number of benzene rings is 4. The number of carbonyl (C=O) groups is 2. The Kier molecular flexibility index (Phi) is 8.97. The number of aromatic nitrogens is 3. The Balaban J connectivity index is 1.21. The molecule has 47 heavy (non-hydrogen) atoms. The van der Waals surface area contributed by atoms with Crippen LogP contribution in [0, 0.1) is 5.92 Å². The highest BCUT2D eigenvalue weighted by Gasteiger charge is 2.53. The van der Waals surface area contributed by atoms with Crippen LogP contribution in [0.1, 0.15) is 46.4 Å². The number of aliphatic hydroxyl groups is 2. The van der Waals surface area contributed by atoms with Crippen LogP contribution >= 0.6 is 0 Å². The monoisotopic (exact) mass is 628 g/mol. The fourth-order valence-corrected chi connectivity index (χ4v) is 5.90. The van der Waals surface area contributed by atoms with Gasteiger partial charge in [0.2, 0.25) is 0 Å². The zero-order chi connectivity index (χ0) is 33.0. The topological polar surface area (TPSA) is 147 Å². The predicted octanol–water partition coefficient (Wildman–Crippen LogP) is 5.39. The summed E-state index contributed by atoms with van der Waals surface area (Å²) in [6.45, 7) is 2.23. The Hall–Kier alpha value is -5.58. The summed E-state index contributed by atoms with van der Waals surface area (Å²) < 4.78 is 1.72. The van der Waals surface area contributed by atoms with E-state index in [1.165, 1.54) is 4.90 Å². The Labute approximate surface area is 272 Å². The SMILES string of the molecule is C[C@H](/C=C/CCn1cc(C(CO)c2ccccc2)nn1)[C@@]1(O)C(=O)N(c2ccccc2)c2ccc(NC(=O)c3ccc(N)cc3)cc21. The molecular weight excluding hydrogens is 592 g/mol. The molecule has 0 spiro atoms. The molecule has 4 aromatic carbocycles. The van der Waals surface area contributed by atoms with Crippen molar-refractivity contribution in [2.75, 3.05) is 22.6 Å². The molecule has 238 valence electrons. The summed E-state index contributed by atoms with van der Waals surface area (Å²) >= 11 is 0. The quantitative estimate of drug-likeness (QED) is 0.113. The van der Waals surface area contributed by atoms with Gasteiger partial charge in [0, 0.05) is 46.8 Å². The molecule has 6 rings (SSSR count). The number of aryl methyl sites for hydroxylation is 1. The molecule has 1 unspecified atom stereocenters. The van der Waals surface area contributed by atoms with Crippen molar-refractivity contribution in [1.29, 1.82) is 0 Å². The smallest absolute Gasteiger partial charge is 0.268 e. The van der Waals surface area contributed by atoms with Gasteiger partial charge in [0.1, 0.15) is 0 Å². The zero-order valence-corrected chi connectivity index (χ0v) is 25.9. The molecule has 1 aliphatic rings. The minimum Gasteiger partial charge on any atom is -0.399 e. The second kappa shape index (κ2) is 13.4. The molecule has 0 radical (unpaired) electrons. The van der Waals surface area contributed by atoms with Crippen LogP contribution in [0.5, 0.6) is 0 Å². The Bertz CT molecular complexity index is 1890. The van der Waals surface area contributed by atoms with Crippen molar-refractivity contribution in [3.63, 3.8) is 0 Å². The van der Waals surface area contributed by atoms with E-state index in [-0.39, 0.29) is 18.4 Å². The third kappa shape index (κ3) is 6.29. The number of para-hydroxylation sites is 1. The van der Waals surface area contributed by atoms with Gasteiger partial charge in [0.25, 0.3) is 11.8 Å². The van der Waals surface area contributed by atoms with Gasteiger partial charge in [0.15, 0.2) is 5.60 Å². The summed E-state index contributed by atoms with van der Waals surface area (Å²) in [4.78, 5) is 28.6. The number of anilines is 4. The first-order valence-electron chi connectivity index (χ1n) is 15.5. The van der Waals surface area contributed by atoms with Gasteiger partial charge in [-0.1, -0.05) is 72.8 Å². The largest absolute Gasteiger partial charge is 0.399 e. The predicted molar refractivity (Wildman–Crippen MR) is 181 cm³/mol. The van der Waals surface area contributed by atoms with E-state index in [2.05, 4.69) is 15.6 Å². The molecule has 5 N–H and O–H groups in total. The normalized spacial score (nSPS) is 17.1. The maximum atomic E-state index is 14.1. The summed E-state index contributed by atoms with van der Waals surface area (Å²) in [5.41, 5.74) is 8.51. The molecule has 10 heteroatoms. The van der Waals surface area contributed by atoms with Gasteiger partial charge in [-0.25, -0.2) is 0 Å². The molecule has 2 amide bonds. The van der Waals surface area contributed by atoms with Crippen LogP contribution in [0.15, 0.2) is 121 Å². The summed E-state index contributed by atoms with van der Waals surface area (Å²) in [6, 6.07) is 30.5. The number of hydrogen-bond acceptors (Lipinski definition) is 7. The molecule has 5 aromatic rings. The van der Waals surface area contributed by atoms with Crippen molar-refractivity contribution >= 4 is 34.6 Å². The van der Waals surface area contributed by atoms with E-state index < -0.39 is 17.4 Å². The van der Waals surface area contributed by atoms with Crippen LogP contribution in [0.2, 0.25) is 0 Å². The van der Waals surface area contributed by atoms with Gasteiger partial charge < -0.3 is 21.3 Å². The van der Waals surface area contributed by atoms with E-state index in [1.807, 2.05) is 79.0 Å². The lowest BCUT2D eigenvalue weighted by Crippen LogP contribution is -2.42. The Morgan fingerprint density at radius 1 is 1.00 bits per heavy atom. The molecule has 1 aromatic heterocycles. The third-order valence-electron chi connectivity index (χ3n) is 8.53. The number of fused-ring (bicyclic) bond motifs is 1. The highest BCUT2D eigenvalue weighted by atomic mass is 16.3. The molecule has 10 nitrogen and oxygen atoms in total. The highest BCUT2D eigenvalue weighted by molar-refractivity contribution is 6.13. The van der Waals surface area contributed by atoms with Crippen molar-refractivity contribution in [3.05, 3.63) is 144 Å². The van der Waals surface area contributed by atoms with Gasteiger partial charge in [-0.2, -0.15) is 0 Å². The van der Waals surface area contributed by atoms with Gasteiger partial charge in [-0.05, 0) is 66.6 Å². The first kappa shape index (κ1) is 31.4. The number of nitrogen functional groups attached to an aromatic ring is 1. The first-order chi connectivity index (χ1) is 22.8. The number of nitrogens with two attached hydrogens (primary N) is 1. The highest BCUT2D eigenvalue weighted by Crippen LogP contribution is 2.49. The van der Waals surface area contributed by atoms with Crippen molar-refractivity contribution in [2.24, 2.45) is 5.92 Å². The van der Waals surface area contributed by atoms with Crippen LogP contribution < -0.4 is 16.0 Å². The van der Waals surface area contributed by atoms with Crippen molar-refractivity contribution in [3.8, 4) is 0 Å². The van der Waals surface area contributed by atoms with Crippen LogP contribution in [0.3, 0.4) is 0 Å². The van der Waals surface area contributed by atoms with E-state index in [9.17, 15) is 19.8 Å².